The minimum Gasteiger partial charge on any atom is -0.444 e. The van der Waals surface area contributed by atoms with Crippen LogP contribution in [0, 0.1) is 5.92 Å². The average Bonchev–Trinajstić information content (AvgIpc) is 3.28. The molecule has 36 heavy (non-hydrogen) atoms. The Bertz CT molecular complexity index is 1070. The third-order valence-electron chi connectivity index (χ3n) is 5.48. The zero-order chi connectivity index (χ0) is 26.5. The van der Waals surface area contributed by atoms with Crippen molar-refractivity contribution in [2.24, 2.45) is 5.92 Å². The van der Waals surface area contributed by atoms with Crippen LogP contribution in [-0.4, -0.2) is 64.4 Å². The third kappa shape index (κ3) is 7.22. The number of ether oxygens (including phenoxy) is 1. The number of likely N-dealkylation sites (tertiary alicyclic amines) is 1. The molecule has 2 aromatic rings. The predicted octanol–water partition coefficient (Wildman–Crippen LogP) is 3.38. The predicted molar refractivity (Wildman–Crippen MR) is 124 cm³/mol. The van der Waals surface area contributed by atoms with Crippen molar-refractivity contribution in [2.45, 2.75) is 45.4 Å². The number of hydrogen-bond donors (Lipinski definition) is 2. The maximum absolute atomic E-state index is 13.5. The van der Waals surface area contributed by atoms with Crippen LogP contribution in [0.5, 0.6) is 0 Å². The number of carbonyl (C=O) groups is 3. The number of aromatic nitrogens is 2. The minimum atomic E-state index is -4.81. The molecule has 0 saturated carbocycles. The highest BCUT2D eigenvalue weighted by atomic mass is 19.4. The van der Waals surface area contributed by atoms with E-state index < -0.39 is 35.0 Å². The molecule has 0 aliphatic carbocycles. The summed E-state index contributed by atoms with van der Waals surface area (Å²) in [5.41, 5.74) is -2.11. The van der Waals surface area contributed by atoms with Gasteiger partial charge in [-0.3, -0.25) is 9.59 Å². The Morgan fingerprint density at radius 1 is 1.03 bits per heavy atom. The second kappa shape index (κ2) is 11.0. The first kappa shape index (κ1) is 27.0. The van der Waals surface area contributed by atoms with Crippen molar-refractivity contribution in [1.82, 2.24) is 25.3 Å². The highest BCUT2D eigenvalue weighted by Gasteiger charge is 2.39. The molecule has 3 amide bonds. The molecule has 2 N–H and O–H groups in total. The van der Waals surface area contributed by atoms with E-state index in [0.29, 0.717) is 31.6 Å². The number of benzene rings is 1. The largest absolute Gasteiger partial charge is 0.444 e. The molecule has 196 valence electrons. The van der Waals surface area contributed by atoms with Crippen molar-refractivity contribution in [3.8, 4) is 5.69 Å². The normalized spacial score (nSPS) is 14.9. The first-order chi connectivity index (χ1) is 16.8. The van der Waals surface area contributed by atoms with E-state index in [1.54, 1.807) is 56.0 Å². The lowest BCUT2D eigenvalue weighted by Crippen LogP contribution is -2.45. The van der Waals surface area contributed by atoms with Crippen LogP contribution < -0.4 is 10.6 Å². The van der Waals surface area contributed by atoms with Gasteiger partial charge < -0.3 is 20.3 Å². The molecule has 0 atom stereocenters. The fraction of sp³-hybridized carbons (Fsp3) is 0.500. The summed E-state index contributed by atoms with van der Waals surface area (Å²) < 4.78 is 46.7. The number of nitrogens with zero attached hydrogens (tertiary/aromatic N) is 3. The maximum atomic E-state index is 13.5. The summed E-state index contributed by atoms with van der Waals surface area (Å²) in [6.45, 7) is 6.10. The summed E-state index contributed by atoms with van der Waals surface area (Å²) in [6, 6.07) is 8.15. The van der Waals surface area contributed by atoms with Crippen LogP contribution >= 0.6 is 0 Å². The molecule has 1 aliphatic rings. The smallest absolute Gasteiger partial charge is 0.435 e. The molecule has 2 heterocycles. The van der Waals surface area contributed by atoms with Gasteiger partial charge in [0.05, 0.1) is 11.3 Å². The number of rotatable bonds is 6. The first-order valence-corrected chi connectivity index (χ1v) is 11.6. The van der Waals surface area contributed by atoms with Gasteiger partial charge >= 0.3 is 12.3 Å². The van der Waals surface area contributed by atoms with Gasteiger partial charge in [-0.15, -0.1) is 0 Å². The molecular formula is C24H30F3N5O4. The molecule has 1 fully saturated rings. The zero-order valence-electron chi connectivity index (χ0n) is 20.4. The molecular weight excluding hydrogens is 479 g/mol. The highest BCUT2D eigenvalue weighted by molar-refractivity contribution is 5.95. The second-order valence-corrected chi connectivity index (χ2v) is 9.46. The Labute approximate surface area is 207 Å². The number of hydrogen-bond acceptors (Lipinski definition) is 5. The van der Waals surface area contributed by atoms with Gasteiger partial charge in [0.15, 0.2) is 5.69 Å². The lowest BCUT2D eigenvalue weighted by Gasteiger charge is -2.32. The van der Waals surface area contributed by atoms with Crippen molar-refractivity contribution >= 4 is 17.9 Å². The van der Waals surface area contributed by atoms with Gasteiger partial charge in [0.2, 0.25) is 5.91 Å². The van der Waals surface area contributed by atoms with E-state index in [1.807, 2.05) is 0 Å². The first-order valence-electron chi connectivity index (χ1n) is 11.6. The van der Waals surface area contributed by atoms with Crippen molar-refractivity contribution < 1.29 is 32.3 Å². The molecule has 9 nitrogen and oxygen atoms in total. The second-order valence-electron chi connectivity index (χ2n) is 9.46. The average molecular weight is 510 g/mol. The molecule has 12 heteroatoms. The summed E-state index contributed by atoms with van der Waals surface area (Å²) >= 11 is 0. The van der Waals surface area contributed by atoms with E-state index in [1.165, 1.54) is 0 Å². The summed E-state index contributed by atoms with van der Waals surface area (Å²) in [5, 5.41) is 8.64. The van der Waals surface area contributed by atoms with Gasteiger partial charge in [-0.25, -0.2) is 9.48 Å². The SMILES string of the molecule is CC(C)(C)OC(=O)N1CCC(C(=O)NCCNC(=O)c2cn(-c3ccccc3)nc2C(F)(F)F)CC1. The molecule has 0 spiro atoms. The summed E-state index contributed by atoms with van der Waals surface area (Å²) in [6.07, 6.45) is -3.27. The third-order valence-corrected chi connectivity index (χ3v) is 5.48. The van der Waals surface area contributed by atoms with Gasteiger partial charge in [-0.2, -0.15) is 18.3 Å². The summed E-state index contributed by atoms with van der Waals surface area (Å²) in [5.74, 6) is -1.48. The molecule has 1 saturated heterocycles. The van der Waals surface area contributed by atoms with Gasteiger partial charge in [-0.1, -0.05) is 18.2 Å². The van der Waals surface area contributed by atoms with Crippen LogP contribution in [-0.2, 0) is 15.7 Å². The molecule has 1 aromatic carbocycles. The van der Waals surface area contributed by atoms with Gasteiger partial charge in [0.25, 0.3) is 5.91 Å². The van der Waals surface area contributed by atoms with Crippen LogP contribution in [0.25, 0.3) is 5.69 Å². The number of carbonyl (C=O) groups excluding carboxylic acids is 3. The zero-order valence-corrected chi connectivity index (χ0v) is 20.4. The van der Waals surface area contributed by atoms with E-state index in [4.69, 9.17) is 4.74 Å². The Balaban J connectivity index is 1.48. The van der Waals surface area contributed by atoms with Crippen molar-refractivity contribution in [3.05, 3.63) is 47.8 Å². The van der Waals surface area contributed by atoms with E-state index >= 15 is 0 Å². The molecule has 1 aliphatic heterocycles. The van der Waals surface area contributed by atoms with E-state index in [2.05, 4.69) is 15.7 Å². The van der Waals surface area contributed by atoms with Crippen molar-refractivity contribution in [3.63, 3.8) is 0 Å². The molecule has 1 aromatic heterocycles. The van der Waals surface area contributed by atoms with E-state index in [-0.39, 0.29) is 24.9 Å². The number of piperidine rings is 1. The summed E-state index contributed by atoms with van der Waals surface area (Å²) in [4.78, 5) is 38.6. The number of amides is 3. The fourth-order valence-electron chi connectivity index (χ4n) is 3.71. The fourth-order valence-corrected chi connectivity index (χ4v) is 3.71. The Kier molecular flexibility index (Phi) is 8.26. The quantitative estimate of drug-likeness (QED) is 0.581. The van der Waals surface area contributed by atoms with Crippen LogP contribution in [0.15, 0.2) is 36.5 Å². The molecule has 0 bridgehead atoms. The minimum absolute atomic E-state index is 0.0467. The van der Waals surface area contributed by atoms with Crippen LogP contribution in [0.1, 0.15) is 49.7 Å². The van der Waals surface area contributed by atoms with E-state index in [9.17, 15) is 27.6 Å². The van der Waals surface area contributed by atoms with Gasteiger partial charge in [-0.05, 0) is 45.7 Å². The van der Waals surface area contributed by atoms with Crippen LogP contribution in [0.2, 0.25) is 0 Å². The highest BCUT2D eigenvalue weighted by Crippen LogP contribution is 2.31. The lowest BCUT2D eigenvalue weighted by atomic mass is 9.96. The standard InChI is InChI=1S/C24H30F3N5O4/c1-23(2,3)36-22(35)31-13-9-16(10-14-31)20(33)28-11-12-29-21(34)18-15-32(17-7-5-4-6-8-17)30-19(18)24(25,26)27/h4-8,15-16H,9-14H2,1-3H3,(H,28,33)(H,29,34). The molecule has 3 rings (SSSR count). The Morgan fingerprint density at radius 3 is 2.22 bits per heavy atom. The number of para-hydroxylation sites is 1. The van der Waals surface area contributed by atoms with Crippen molar-refractivity contribution in [1.29, 1.82) is 0 Å². The number of halogens is 3. The van der Waals surface area contributed by atoms with Crippen LogP contribution in [0.4, 0.5) is 18.0 Å². The van der Waals surface area contributed by atoms with E-state index in [0.717, 1.165) is 10.9 Å². The van der Waals surface area contributed by atoms with Gasteiger partial charge in [0.1, 0.15) is 5.60 Å². The maximum Gasteiger partial charge on any atom is 0.435 e. The van der Waals surface area contributed by atoms with Crippen molar-refractivity contribution in [2.75, 3.05) is 26.2 Å². The topological polar surface area (TPSA) is 106 Å². The monoisotopic (exact) mass is 509 g/mol. The molecule has 0 unspecified atom stereocenters. The Hall–Kier alpha value is -3.57. The number of nitrogens with one attached hydrogen (secondary N) is 2. The summed E-state index contributed by atoms with van der Waals surface area (Å²) in [7, 11) is 0. The molecule has 0 radical (unpaired) electrons. The lowest BCUT2D eigenvalue weighted by molar-refractivity contribution is -0.141. The number of alkyl halides is 3. The Morgan fingerprint density at radius 2 is 1.64 bits per heavy atom. The van der Waals surface area contributed by atoms with Crippen LogP contribution in [0.3, 0.4) is 0 Å². The van der Waals surface area contributed by atoms with Gasteiger partial charge in [0, 0.05) is 38.3 Å².